The SMILES string of the molecule is O=C(N[C@H]1CCCC[C@H]1C(=O)N1CCSCC1C(=O)O)OCC1c2ccccc2-c2ccccc21. The molecule has 3 atom stereocenters. The van der Waals surface area contributed by atoms with E-state index in [0.717, 1.165) is 29.7 Å². The van der Waals surface area contributed by atoms with E-state index in [1.807, 2.05) is 24.3 Å². The molecule has 1 aliphatic heterocycles. The van der Waals surface area contributed by atoms with Crippen molar-refractivity contribution in [3.63, 3.8) is 0 Å². The lowest BCUT2D eigenvalue weighted by atomic mass is 9.83. The van der Waals surface area contributed by atoms with Gasteiger partial charge in [-0.1, -0.05) is 61.4 Å². The van der Waals surface area contributed by atoms with Gasteiger partial charge in [0.05, 0.1) is 5.92 Å². The van der Waals surface area contributed by atoms with Crippen LogP contribution in [0.1, 0.15) is 42.7 Å². The highest BCUT2D eigenvalue weighted by atomic mass is 32.2. The van der Waals surface area contributed by atoms with Crippen LogP contribution >= 0.6 is 11.8 Å². The fourth-order valence-corrected chi connectivity index (χ4v) is 6.71. The molecule has 2 N–H and O–H groups in total. The van der Waals surface area contributed by atoms with Gasteiger partial charge in [0.2, 0.25) is 5.91 Å². The number of hydrogen-bond donors (Lipinski definition) is 2. The van der Waals surface area contributed by atoms with Gasteiger partial charge in [0.25, 0.3) is 0 Å². The molecule has 0 spiro atoms. The minimum absolute atomic E-state index is 0.0286. The molecule has 2 amide bonds. The van der Waals surface area contributed by atoms with E-state index in [4.69, 9.17) is 4.74 Å². The van der Waals surface area contributed by atoms with Crippen LogP contribution < -0.4 is 5.32 Å². The smallest absolute Gasteiger partial charge is 0.407 e. The van der Waals surface area contributed by atoms with E-state index < -0.39 is 24.0 Å². The summed E-state index contributed by atoms with van der Waals surface area (Å²) in [7, 11) is 0. The lowest BCUT2D eigenvalue weighted by Crippen LogP contribution is -2.56. The van der Waals surface area contributed by atoms with Gasteiger partial charge in [-0.2, -0.15) is 11.8 Å². The van der Waals surface area contributed by atoms with Gasteiger partial charge in [-0.25, -0.2) is 9.59 Å². The number of nitrogens with one attached hydrogen (secondary N) is 1. The molecule has 2 aromatic carbocycles. The van der Waals surface area contributed by atoms with E-state index in [1.165, 1.54) is 16.0 Å². The van der Waals surface area contributed by atoms with Crippen LogP contribution in [0.15, 0.2) is 48.5 Å². The molecule has 2 fully saturated rings. The second kappa shape index (κ2) is 10.3. The van der Waals surface area contributed by atoms with E-state index in [2.05, 4.69) is 29.6 Å². The molecule has 1 saturated heterocycles. The molecule has 1 saturated carbocycles. The van der Waals surface area contributed by atoms with Crippen molar-refractivity contribution in [2.24, 2.45) is 5.92 Å². The van der Waals surface area contributed by atoms with Crippen molar-refractivity contribution in [3.05, 3.63) is 59.7 Å². The Balaban J connectivity index is 1.25. The zero-order valence-electron chi connectivity index (χ0n) is 19.5. The van der Waals surface area contributed by atoms with Gasteiger partial charge < -0.3 is 20.1 Å². The number of rotatable bonds is 5. The molecule has 8 heteroatoms. The topological polar surface area (TPSA) is 95.9 Å². The molecule has 0 bridgehead atoms. The van der Waals surface area contributed by atoms with Gasteiger partial charge in [0, 0.05) is 30.0 Å². The Morgan fingerprint density at radius 2 is 1.66 bits per heavy atom. The van der Waals surface area contributed by atoms with Crippen LogP contribution in [0.4, 0.5) is 4.79 Å². The Hall–Kier alpha value is -3.00. The standard InChI is InChI=1S/C27H30N2O5S/c30-25(29-13-14-35-16-24(29)26(31)32)21-11-5-6-12-23(21)28-27(33)34-15-22-19-9-3-1-7-17(19)18-8-2-4-10-20(18)22/h1-4,7-10,21-24H,5-6,11-16H2,(H,28,33)(H,31,32)/t21-,23+,24?/m1/s1. The van der Waals surface area contributed by atoms with E-state index in [0.29, 0.717) is 25.1 Å². The van der Waals surface area contributed by atoms with Crippen LogP contribution in [-0.4, -0.2) is 64.7 Å². The van der Waals surface area contributed by atoms with Crippen LogP contribution in [0, 0.1) is 5.92 Å². The third kappa shape index (κ3) is 4.76. The van der Waals surface area contributed by atoms with Crippen LogP contribution in [0.3, 0.4) is 0 Å². The molecule has 0 radical (unpaired) electrons. The number of nitrogens with zero attached hydrogens (tertiary/aromatic N) is 1. The molecule has 35 heavy (non-hydrogen) atoms. The number of carboxylic acid groups (broad SMARTS) is 1. The average molecular weight is 495 g/mol. The lowest BCUT2D eigenvalue weighted by molar-refractivity contribution is -0.152. The van der Waals surface area contributed by atoms with E-state index >= 15 is 0 Å². The first-order valence-corrected chi connectivity index (χ1v) is 13.4. The van der Waals surface area contributed by atoms with E-state index in [-0.39, 0.29) is 24.5 Å². The summed E-state index contributed by atoms with van der Waals surface area (Å²) >= 11 is 1.56. The van der Waals surface area contributed by atoms with Crippen molar-refractivity contribution in [1.29, 1.82) is 0 Å². The first-order chi connectivity index (χ1) is 17.0. The summed E-state index contributed by atoms with van der Waals surface area (Å²) < 4.78 is 5.70. The van der Waals surface area contributed by atoms with Gasteiger partial charge in [-0.3, -0.25) is 4.79 Å². The van der Waals surface area contributed by atoms with Gasteiger partial charge in [-0.05, 0) is 35.1 Å². The van der Waals surface area contributed by atoms with E-state index in [1.54, 1.807) is 11.8 Å². The second-order valence-electron chi connectivity index (χ2n) is 9.43. The average Bonchev–Trinajstić information content (AvgIpc) is 3.21. The van der Waals surface area contributed by atoms with Crippen molar-refractivity contribution < 1.29 is 24.2 Å². The first kappa shape index (κ1) is 23.7. The van der Waals surface area contributed by atoms with Gasteiger partial charge in [0.15, 0.2) is 0 Å². The van der Waals surface area contributed by atoms with Crippen molar-refractivity contribution in [2.45, 2.75) is 43.7 Å². The maximum Gasteiger partial charge on any atom is 0.407 e. The number of carboxylic acids is 1. The van der Waals surface area contributed by atoms with Crippen molar-refractivity contribution >= 4 is 29.7 Å². The van der Waals surface area contributed by atoms with Crippen molar-refractivity contribution in [3.8, 4) is 11.1 Å². The third-order valence-electron chi connectivity index (χ3n) is 7.43. The molecular weight excluding hydrogens is 464 g/mol. The monoisotopic (exact) mass is 494 g/mol. The number of amides is 2. The zero-order valence-corrected chi connectivity index (χ0v) is 20.3. The Morgan fingerprint density at radius 3 is 2.34 bits per heavy atom. The van der Waals surface area contributed by atoms with Crippen LogP contribution in [-0.2, 0) is 14.3 Å². The summed E-state index contributed by atoms with van der Waals surface area (Å²) in [6, 6.07) is 15.2. The normalized spacial score (nSPS) is 23.8. The Kier molecular flexibility index (Phi) is 7.00. The van der Waals surface area contributed by atoms with E-state index in [9.17, 15) is 19.5 Å². The Morgan fingerprint density at radius 1 is 1.00 bits per heavy atom. The summed E-state index contributed by atoms with van der Waals surface area (Å²) in [6.45, 7) is 0.643. The van der Waals surface area contributed by atoms with Gasteiger partial charge in [0.1, 0.15) is 12.6 Å². The number of hydrogen-bond acceptors (Lipinski definition) is 5. The minimum Gasteiger partial charge on any atom is -0.480 e. The molecule has 7 nitrogen and oxygen atoms in total. The Labute approximate surface area is 209 Å². The summed E-state index contributed by atoms with van der Waals surface area (Å²) in [5.74, 6) is -0.456. The quantitative estimate of drug-likeness (QED) is 0.650. The second-order valence-corrected chi connectivity index (χ2v) is 10.6. The highest BCUT2D eigenvalue weighted by Crippen LogP contribution is 2.44. The molecule has 2 aliphatic carbocycles. The van der Waals surface area contributed by atoms with Gasteiger partial charge >= 0.3 is 12.1 Å². The summed E-state index contributed by atoms with van der Waals surface area (Å²) in [4.78, 5) is 39.4. The number of benzene rings is 2. The maximum atomic E-state index is 13.4. The third-order valence-corrected chi connectivity index (χ3v) is 8.45. The van der Waals surface area contributed by atoms with Gasteiger partial charge in [-0.15, -0.1) is 0 Å². The predicted octanol–water partition coefficient (Wildman–Crippen LogP) is 4.11. The molecule has 1 unspecified atom stereocenters. The fourth-order valence-electron chi connectivity index (χ4n) is 5.68. The number of aliphatic carboxylic acids is 1. The van der Waals surface area contributed by atoms with Crippen LogP contribution in [0.5, 0.6) is 0 Å². The summed E-state index contributed by atoms with van der Waals surface area (Å²) in [6.07, 6.45) is 2.60. The molecule has 2 aromatic rings. The highest BCUT2D eigenvalue weighted by Gasteiger charge is 2.40. The molecule has 0 aromatic heterocycles. The molecular formula is C27H30N2O5S. The zero-order chi connectivity index (χ0) is 24.4. The summed E-state index contributed by atoms with van der Waals surface area (Å²) in [5, 5.41) is 12.5. The molecule has 5 rings (SSSR count). The maximum absolute atomic E-state index is 13.4. The number of ether oxygens (including phenoxy) is 1. The number of alkyl carbamates (subject to hydrolysis) is 1. The molecule has 3 aliphatic rings. The number of carbonyl (C=O) groups excluding carboxylic acids is 2. The molecule has 184 valence electrons. The number of thioether (sulfide) groups is 1. The Bertz CT molecular complexity index is 1080. The lowest BCUT2D eigenvalue weighted by Gasteiger charge is -2.39. The highest BCUT2D eigenvalue weighted by molar-refractivity contribution is 7.99. The van der Waals surface area contributed by atoms with Crippen molar-refractivity contribution in [1.82, 2.24) is 10.2 Å². The molecule has 1 heterocycles. The van der Waals surface area contributed by atoms with Crippen molar-refractivity contribution in [2.75, 3.05) is 24.7 Å². The fraction of sp³-hybridized carbons (Fsp3) is 0.444. The summed E-state index contributed by atoms with van der Waals surface area (Å²) in [5.41, 5.74) is 4.63. The first-order valence-electron chi connectivity index (χ1n) is 12.3. The largest absolute Gasteiger partial charge is 0.480 e. The van der Waals surface area contributed by atoms with Crippen LogP contribution in [0.25, 0.3) is 11.1 Å². The number of fused-ring (bicyclic) bond motifs is 3. The minimum atomic E-state index is -0.970. The van der Waals surface area contributed by atoms with Crippen LogP contribution in [0.2, 0.25) is 0 Å². The predicted molar refractivity (Wildman–Crippen MR) is 134 cm³/mol. The number of carbonyl (C=O) groups is 3.